The number of hydrogen-bond donors (Lipinski definition) is 1. The molecule has 1 saturated heterocycles. The van der Waals surface area contributed by atoms with Gasteiger partial charge in [-0.25, -0.2) is 4.39 Å². The van der Waals surface area contributed by atoms with Crippen LogP contribution in [0, 0.1) is 5.82 Å². The molecule has 1 fully saturated rings. The van der Waals surface area contributed by atoms with E-state index in [2.05, 4.69) is 20.6 Å². The molecular weight excluding hydrogens is 391 g/mol. The van der Waals surface area contributed by atoms with Gasteiger partial charge in [-0.1, -0.05) is 6.07 Å². The number of aromatic nitrogens is 4. The highest BCUT2D eigenvalue weighted by molar-refractivity contribution is 7.08. The number of benzene rings is 1. The Morgan fingerprint density at radius 2 is 2.00 bits per heavy atom. The summed E-state index contributed by atoms with van der Waals surface area (Å²) < 4.78 is 21.6. The molecule has 0 radical (unpaired) electrons. The molecule has 1 N–H and O–H groups in total. The van der Waals surface area contributed by atoms with Gasteiger partial charge in [0.25, 0.3) is 0 Å². The van der Waals surface area contributed by atoms with Crippen LogP contribution in [0.3, 0.4) is 0 Å². The van der Waals surface area contributed by atoms with Gasteiger partial charge in [0.1, 0.15) is 11.6 Å². The predicted octanol–water partition coefficient (Wildman–Crippen LogP) is 3.44. The average molecular weight is 410 g/mol. The number of fused-ring (bicyclic) bond motifs is 1. The second-order valence-electron chi connectivity index (χ2n) is 6.76. The summed E-state index contributed by atoms with van der Waals surface area (Å²) in [6.07, 6.45) is 0. The summed E-state index contributed by atoms with van der Waals surface area (Å²) in [5.74, 6) is 1.16. The van der Waals surface area contributed by atoms with Gasteiger partial charge in [-0.3, -0.25) is 0 Å². The van der Waals surface area contributed by atoms with Gasteiger partial charge >= 0.3 is 0 Å². The Bertz CT molecular complexity index is 1120. The van der Waals surface area contributed by atoms with E-state index in [0.717, 1.165) is 11.1 Å². The van der Waals surface area contributed by atoms with Crippen LogP contribution in [0.5, 0.6) is 0 Å². The predicted molar refractivity (Wildman–Crippen MR) is 111 cm³/mol. The first-order valence-corrected chi connectivity index (χ1v) is 10.3. The molecule has 0 unspecified atom stereocenters. The number of nitrogens with one attached hydrogen (secondary N) is 1. The van der Waals surface area contributed by atoms with E-state index in [0.29, 0.717) is 55.8 Å². The van der Waals surface area contributed by atoms with E-state index < -0.39 is 0 Å². The molecule has 7 nitrogen and oxygen atoms in total. The third kappa shape index (κ3) is 3.66. The summed E-state index contributed by atoms with van der Waals surface area (Å²) >= 11 is 1.60. The van der Waals surface area contributed by atoms with E-state index in [1.54, 1.807) is 21.9 Å². The maximum absolute atomic E-state index is 14.6. The smallest absolute Gasteiger partial charge is 0.186 e. The van der Waals surface area contributed by atoms with Gasteiger partial charge in [0.15, 0.2) is 11.5 Å². The summed E-state index contributed by atoms with van der Waals surface area (Å²) in [7, 11) is 0. The Labute approximate surface area is 170 Å². The Morgan fingerprint density at radius 1 is 1.10 bits per heavy atom. The summed E-state index contributed by atoms with van der Waals surface area (Å²) in [5, 5.41) is 20.2. The Balaban J connectivity index is 1.32. The molecule has 0 spiro atoms. The first-order valence-electron chi connectivity index (χ1n) is 9.38. The molecule has 1 aromatic carbocycles. The van der Waals surface area contributed by atoms with Crippen molar-refractivity contribution in [1.82, 2.24) is 19.8 Å². The van der Waals surface area contributed by atoms with E-state index in [1.165, 1.54) is 0 Å². The van der Waals surface area contributed by atoms with E-state index >= 15 is 0 Å². The van der Waals surface area contributed by atoms with Gasteiger partial charge in [-0.05, 0) is 41.3 Å². The van der Waals surface area contributed by atoms with Crippen molar-refractivity contribution >= 4 is 28.5 Å². The number of anilines is 2. The molecule has 3 aromatic heterocycles. The molecule has 9 heteroatoms. The molecule has 0 atom stereocenters. The zero-order valence-corrected chi connectivity index (χ0v) is 16.4. The number of halogens is 1. The molecule has 148 valence electrons. The first-order chi connectivity index (χ1) is 14.3. The monoisotopic (exact) mass is 410 g/mol. The zero-order valence-electron chi connectivity index (χ0n) is 15.6. The lowest BCUT2D eigenvalue weighted by Gasteiger charge is -2.29. The minimum absolute atomic E-state index is 0.215. The fourth-order valence-corrected chi connectivity index (χ4v) is 4.00. The van der Waals surface area contributed by atoms with Gasteiger partial charge in [0.2, 0.25) is 0 Å². The normalized spacial score (nSPS) is 14.4. The lowest BCUT2D eigenvalue weighted by molar-refractivity contribution is 0.122. The maximum Gasteiger partial charge on any atom is 0.186 e. The highest BCUT2D eigenvalue weighted by Crippen LogP contribution is 2.23. The molecule has 0 aliphatic carbocycles. The number of ether oxygens (including phenoxy) is 1. The van der Waals surface area contributed by atoms with Gasteiger partial charge in [0, 0.05) is 30.6 Å². The van der Waals surface area contributed by atoms with Crippen molar-refractivity contribution in [2.75, 3.05) is 36.5 Å². The van der Waals surface area contributed by atoms with Crippen LogP contribution in [0.4, 0.5) is 15.9 Å². The van der Waals surface area contributed by atoms with Crippen LogP contribution >= 0.6 is 11.3 Å². The quantitative estimate of drug-likeness (QED) is 0.544. The Morgan fingerprint density at radius 3 is 2.79 bits per heavy atom. The van der Waals surface area contributed by atoms with Crippen molar-refractivity contribution in [2.45, 2.75) is 6.54 Å². The second kappa shape index (κ2) is 7.76. The van der Waals surface area contributed by atoms with E-state index in [4.69, 9.17) is 4.74 Å². The van der Waals surface area contributed by atoms with Crippen LogP contribution in [0.25, 0.3) is 17.0 Å². The van der Waals surface area contributed by atoms with Crippen molar-refractivity contribution < 1.29 is 9.13 Å². The standard InChI is InChI=1S/C20H19FN6OS/c21-16-11-14(1-2-17(16)26-6-8-28-9-7-26)12-22-18-3-4-19-23-24-20(27(19)25-18)15-5-10-29-13-15/h1-5,10-11,13H,6-9,12H2,(H,22,25). The molecule has 5 rings (SSSR count). The van der Waals surface area contributed by atoms with Crippen molar-refractivity contribution in [2.24, 2.45) is 0 Å². The van der Waals surface area contributed by atoms with Crippen LogP contribution in [0.1, 0.15) is 5.56 Å². The van der Waals surface area contributed by atoms with Gasteiger partial charge in [-0.15, -0.1) is 15.3 Å². The minimum atomic E-state index is -0.215. The number of rotatable bonds is 5. The minimum Gasteiger partial charge on any atom is -0.378 e. The largest absolute Gasteiger partial charge is 0.378 e. The fraction of sp³-hybridized carbons (Fsp3) is 0.250. The zero-order chi connectivity index (χ0) is 19.6. The van der Waals surface area contributed by atoms with Crippen LogP contribution in [-0.4, -0.2) is 46.1 Å². The number of morpholine rings is 1. The van der Waals surface area contributed by atoms with Crippen LogP contribution < -0.4 is 10.2 Å². The first kappa shape index (κ1) is 18.0. The average Bonchev–Trinajstić information content (AvgIpc) is 3.42. The highest BCUT2D eigenvalue weighted by Gasteiger charge is 2.15. The second-order valence-corrected chi connectivity index (χ2v) is 7.54. The third-order valence-electron chi connectivity index (χ3n) is 4.88. The number of thiophene rings is 1. The lowest BCUT2D eigenvalue weighted by Crippen LogP contribution is -2.36. The molecule has 29 heavy (non-hydrogen) atoms. The molecule has 1 aliphatic heterocycles. The van der Waals surface area contributed by atoms with E-state index in [9.17, 15) is 4.39 Å². The lowest BCUT2D eigenvalue weighted by atomic mass is 10.1. The van der Waals surface area contributed by atoms with Gasteiger partial charge < -0.3 is 15.0 Å². The van der Waals surface area contributed by atoms with Crippen LogP contribution in [-0.2, 0) is 11.3 Å². The van der Waals surface area contributed by atoms with Gasteiger partial charge in [0.05, 0.1) is 18.9 Å². The van der Waals surface area contributed by atoms with E-state index in [-0.39, 0.29) is 5.82 Å². The molecule has 4 aromatic rings. The molecular formula is C20H19FN6OS. The van der Waals surface area contributed by atoms with Crippen molar-refractivity contribution in [1.29, 1.82) is 0 Å². The maximum atomic E-state index is 14.6. The van der Waals surface area contributed by atoms with Crippen LogP contribution in [0.2, 0.25) is 0 Å². The number of hydrogen-bond acceptors (Lipinski definition) is 7. The molecule has 0 saturated carbocycles. The van der Waals surface area contributed by atoms with E-state index in [1.807, 2.05) is 46.0 Å². The molecule has 0 amide bonds. The Hall–Kier alpha value is -3.04. The summed E-state index contributed by atoms with van der Waals surface area (Å²) in [5.41, 5.74) is 3.13. The molecule has 0 bridgehead atoms. The Kier molecular flexibility index (Phi) is 4.82. The third-order valence-corrected chi connectivity index (χ3v) is 5.56. The topological polar surface area (TPSA) is 67.6 Å². The molecule has 1 aliphatic rings. The number of nitrogens with zero attached hydrogens (tertiary/aromatic N) is 5. The van der Waals surface area contributed by atoms with Crippen molar-refractivity contribution in [3.05, 3.63) is 58.5 Å². The summed E-state index contributed by atoms with van der Waals surface area (Å²) in [6.45, 7) is 3.16. The fourth-order valence-electron chi connectivity index (χ4n) is 3.37. The molecule has 4 heterocycles. The SMILES string of the molecule is Fc1cc(CNc2ccc3nnc(-c4ccsc4)n3n2)ccc1N1CCOCC1. The summed E-state index contributed by atoms with van der Waals surface area (Å²) in [6, 6.07) is 11.0. The highest BCUT2D eigenvalue weighted by atomic mass is 32.1. The van der Waals surface area contributed by atoms with Crippen molar-refractivity contribution in [3.63, 3.8) is 0 Å². The summed E-state index contributed by atoms with van der Waals surface area (Å²) in [4.78, 5) is 2.02. The van der Waals surface area contributed by atoms with Crippen molar-refractivity contribution in [3.8, 4) is 11.4 Å². The van der Waals surface area contributed by atoms with Crippen LogP contribution in [0.15, 0.2) is 47.2 Å². The van der Waals surface area contributed by atoms with Gasteiger partial charge in [-0.2, -0.15) is 15.9 Å².